The standard InChI is InChI=1S/C21H20FNO2/c1-3-12-23(14-16-4-6-17(22)7-5-16)21(24)11-9-18-8-10-20(25-18)19-13-15(19)2/h1,4-11,15,19H,12-14H2,2H3/b11-9+. The minimum atomic E-state index is -0.308. The Hall–Kier alpha value is -2.80. The summed E-state index contributed by atoms with van der Waals surface area (Å²) in [4.78, 5) is 13.9. The van der Waals surface area contributed by atoms with Gasteiger partial charge in [0.1, 0.15) is 17.3 Å². The third kappa shape index (κ3) is 4.39. The minimum Gasteiger partial charge on any atom is -0.461 e. The summed E-state index contributed by atoms with van der Waals surface area (Å²) in [5.41, 5.74) is 0.821. The number of amides is 1. The van der Waals surface area contributed by atoms with Crippen LogP contribution >= 0.6 is 0 Å². The van der Waals surface area contributed by atoms with Crippen LogP contribution in [-0.4, -0.2) is 17.4 Å². The SMILES string of the molecule is C#CCN(Cc1ccc(F)cc1)C(=O)/C=C/c1ccc(C2CC2C)o1. The van der Waals surface area contributed by atoms with Crippen molar-refractivity contribution in [1.29, 1.82) is 0 Å². The lowest BCUT2D eigenvalue weighted by atomic mass is 10.2. The average molecular weight is 337 g/mol. The summed E-state index contributed by atoms with van der Waals surface area (Å²) >= 11 is 0. The van der Waals surface area contributed by atoms with Crippen molar-refractivity contribution in [3.05, 3.63) is 65.4 Å². The Bertz CT molecular complexity index is 813. The van der Waals surface area contributed by atoms with Crippen LogP contribution in [0.3, 0.4) is 0 Å². The number of halogens is 1. The molecule has 25 heavy (non-hydrogen) atoms. The first-order valence-electron chi connectivity index (χ1n) is 8.31. The third-order valence-corrected chi connectivity index (χ3v) is 4.39. The Balaban J connectivity index is 1.64. The third-order valence-electron chi connectivity index (χ3n) is 4.39. The van der Waals surface area contributed by atoms with E-state index in [4.69, 9.17) is 10.8 Å². The topological polar surface area (TPSA) is 33.5 Å². The maximum Gasteiger partial charge on any atom is 0.247 e. The molecule has 0 N–H and O–H groups in total. The fraction of sp³-hybridized carbons (Fsp3) is 0.286. The van der Waals surface area contributed by atoms with Crippen molar-refractivity contribution in [2.24, 2.45) is 5.92 Å². The fourth-order valence-corrected chi connectivity index (χ4v) is 2.77. The lowest BCUT2D eigenvalue weighted by Gasteiger charge is -2.18. The van der Waals surface area contributed by atoms with Crippen molar-refractivity contribution in [1.82, 2.24) is 4.90 Å². The second-order valence-corrected chi connectivity index (χ2v) is 6.42. The van der Waals surface area contributed by atoms with Gasteiger partial charge < -0.3 is 9.32 Å². The molecule has 2 unspecified atom stereocenters. The van der Waals surface area contributed by atoms with Crippen molar-refractivity contribution in [3.63, 3.8) is 0 Å². The quantitative estimate of drug-likeness (QED) is 0.584. The monoisotopic (exact) mass is 337 g/mol. The summed E-state index contributed by atoms with van der Waals surface area (Å²) in [5, 5.41) is 0. The predicted molar refractivity (Wildman–Crippen MR) is 94.9 cm³/mol. The van der Waals surface area contributed by atoms with Gasteiger partial charge in [0.05, 0.1) is 6.54 Å². The molecule has 1 saturated carbocycles. The highest BCUT2D eigenvalue weighted by Crippen LogP contribution is 2.47. The van der Waals surface area contributed by atoms with E-state index >= 15 is 0 Å². The van der Waals surface area contributed by atoms with E-state index in [1.807, 2.05) is 12.1 Å². The van der Waals surface area contributed by atoms with E-state index in [0.29, 0.717) is 24.1 Å². The highest BCUT2D eigenvalue weighted by Gasteiger charge is 2.36. The maximum atomic E-state index is 13.0. The summed E-state index contributed by atoms with van der Waals surface area (Å²) in [6, 6.07) is 9.86. The highest BCUT2D eigenvalue weighted by molar-refractivity contribution is 5.91. The van der Waals surface area contributed by atoms with Gasteiger partial charge in [-0.25, -0.2) is 4.39 Å². The number of benzene rings is 1. The molecule has 3 rings (SSSR count). The van der Waals surface area contributed by atoms with Gasteiger partial charge in [0, 0.05) is 18.5 Å². The Morgan fingerprint density at radius 2 is 2.08 bits per heavy atom. The van der Waals surface area contributed by atoms with Gasteiger partial charge in [0.15, 0.2) is 0 Å². The van der Waals surface area contributed by atoms with Gasteiger partial charge in [0.25, 0.3) is 0 Å². The molecule has 1 aromatic heterocycles. The normalized spacial score (nSPS) is 18.9. The molecule has 3 nitrogen and oxygen atoms in total. The number of nitrogens with zero attached hydrogens (tertiary/aromatic N) is 1. The van der Waals surface area contributed by atoms with Crippen molar-refractivity contribution in [2.75, 3.05) is 6.54 Å². The molecule has 1 heterocycles. The summed E-state index contributed by atoms with van der Waals surface area (Å²) in [6.07, 6.45) is 9.64. The van der Waals surface area contributed by atoms with Gasteiger partial charge in [-0.05, 0) is 48.2 Å². The number of terminal acetylenes is 1. The second kappa shape index (κ2) is 7.40. The molecule has 1 aromatic carbocycles. The molecular formula is C21H20FNO2. The van der Waals surface area contributed by atoms with Gasteiger partial charge in [-0.15, -0.1) is 6.42 Å². The van der Waals surface area contributed by atoms with Crippen LogP contribution in [0.15, 0.2) is 46.9 Å². The van der Waals surface area contributed by atoms with Gasteiger partial charge in [-0.3, -0.25) is 4.79 Å². The number of carbonyl (C=O) groups is 1. The zero-order chi connectivity index (χ0) is 17.8. The van der Waals surface area contributed by atoms with Crippen molar-refractivity contribution in [3.8, 4) is 12.3 Å². The van der Waals surface area contributed by atoms with Crippen LogP contribution < -0.4 is 0 Å². The summed E-state index contributed by atoms with van der Waals surface area (Å²) in [6.45, 7) is 2.71. The van der Waals surface area contributed by atoms with Gasteiger partial charge in [0.2, 0.25) is 5.91 Å². The number of furan rings is 1. The van der Waals surface area contributed by atoms with Crippen LogP contribution in [0, 0.1) is 24.1 Å². The molecule has 0 saturated heterocycles. The Labute approximate surface area is 147 Å². The van der Waals surface area contributed by atoms with Crippen molar-refractivity contribution in [2.45, 2.75) is 25.8 Å². The molecule has 1 aliphatic rings. The van der Waals surface area contributed by atoms with Crippen molar-refractivity contribution >= 4 is 12.0 Å². The van der Waals surface area contributed by atoms with E-state index in [1.54, 1.807) is 18.2 Å². The Morgan fingerprint density at radius 3 is 2.72 bits per heavy atom. The molecule has 2 aromatic rings. The molecule has 0 spiro atoms. The summed E-state index contributed by atoms with van der Waals surface area (Å²) < 4.78 is 18.8. The van der Waals surface area contributed by atoms with Gasteiger partial charge >= 0.3 is 0 Å². The fourth-order valence-electron chi connectivity index (χ4n) is 2.77. The lowest BCUT2D eigenvalue weighted by molar-refractivity contribution is -0.125. The molecular weight excluding hydrogens is 317 g/mol. The molecule has 0 bridgehead atoms. The largest absolute Gasteiger partial charge is 0.461 e. The van der Waals surface area contributed by atoms with E-state index in [9.17, 15) is 9.18 Å². The van der Waals surface area contributed by atoms with E-state index in [2.05, 4.69) is 12.8 Å². The molecule has 1 amide bonds. The second-order valence-electron chi connectivity index (χ2n) is 6.42. The Kier molecular flexibility index (Phi) is 5.04. The number of carbonyl (C=O) groups excluding carboxylic acids is 1. The van der Waals surface area contributed by atoms with Crippen LogP contribution in [0.5, 0.6) is 0 Å². The summed E-state index contributed by atoms with van der Waals surface area (Å²) in [7, 11) is 0. The van der Waals surface area contributed by atoms with E-state index in [1.165, 1.54) is 23.1 Å². The minimum absolute atomic E-state index is 0.184. The first kappa shape index (κ1) is 17.0. The van der Waals surface area contributed by atoms with Crippen LogP contribution in [0.1, 0.15) is 36.3 Å². The molecule has 2 atom stereocenters. The average Bonchev–Trinajstić information content (AvgIpc) is 3.15. The highest BCUT2D eigenvalue weighted by atomic mass is 19.1. The zero-order valence-electron chi connectivity index (χ0n) is 14.1. The van der Waals surface area contributed by atoms with Gasteiger partial charge in [-0.1, -0.05) is 25.0 Å². The molecule has 1 aliphatic carbocycles. The molecule has 4 heteroatoms. The molecule has 0 radical (unpaired) electrons. The smallest absolute Gasteiger partial charge is 0.247 e. The molecule has 1 fully saturated rings. The maximum absolute atomic E-state index is 13.0. The van der Waals surface area contributed by atoms with Crippen LogP contribution in [0.2, 0.25) is 0 Å². The number of hydrogen-bond acceptors (Lipinski definition) is 2. The summed E-state index contributed by atoms with van der Waals surface area (Å²) in [5.74, 6) is 4.78. The predicted octanol–water partition coefficient (Wildman–Crippen LogP) is 4.22. The first-order chi connectivity index (χ1) is 12.1. The van der Waals surface area contributed by atoms with E-state index in [0.717, 1.165) is 17.7 Å². The first-order valence-corrected chi connectivity index (χ1v) is 8.31. The van der Waals surface area contributed by atoms with Crippen LogP contribution in [0.25, 0.3) is 6.08 Å². The van der Waals surface area contributed by atoms with Crippen LogP contribution in [0.4, 0.5) is 4.39 Å². The number of rotatable bonds is 6. The van der Waals surface area contributed by atoms with E-state index < -0.39 is 0 Å². The molecule has 0 aliphatic heterocycles. The number of hydrogen-bond donors (Lipinski definition) is 0. The Morgan fingerprint density at radius 1 is 1.36 bits per heavy atom. The molecule has 128 valence electrons. The van der Waals surface area contributed by atoms with Crippen LogP contribution in [-0.2, 0) is 11.3 Å². The lowest BCUT2D eigenvalue weighted by Crippen LogP contribution is -2.29. The van der Waals surface area contributed by atoms with Crippen molar-refractivity contribution < 1.29 is 13.6 Å². The van der Waals surface area contributed by atoms with Gasteiger partial charge in [-0.2, -0.15) is 0 Å². The van der Waals surface area contributed by atoms with E-state index in [-0.39, 0.29) is 18.3 Å². The zero-order valence-corrected chi connectivity index (χ0v) is 14.1.